The van der Waals surface area contributed by atoms with Gasteiger partial charge in [0, 0.05) is 20.4 Å². The van der Waals surface area contributed by atoms with Gasteiger partial charge in [-0.1, -0.05) is 12.1 Å². The van der Waals surface area contributed by atoms with E-state index in [2.05, 4.69) is 0 Å². The van der Waals surface area contributed by atoms with Crippen LogP contribution in [0.5, 0.6) is 0 Å². The molecule has 0 aliphatic rings. The lowest BCUT2D eigenvalue weighted by Gasteiger charge is -2.08. The molecule has 0 spiro atoms. The lowest BCUT2D eigenvalue weighted by atomic mass is 10.1. The number of sulfone groups is 1. The van der Waals surface area contributed by atoms with Gasteiger partial charge in [-0.25, -0.2) is 25.9 Å². The molecule has 0 aliphatic carbocycles. The first-order valence-corrected chi connectivity index (χ1v) is 10.9. The molecule has 0 bridgehead atoms. The molecule has 1 aromatic carbocycles. The molecule has 0 atom stereocenters. The number of benzene rings is 1. The second-order valence-electron chi connectivity index (χ2n) is 5.85. The van der Waals surface area contributed by atoms with Crippen LogP contribution in [-0.4, -0.2) is 47.5 Å². The molecule has 8 nitrogen and oxygen atoms in total. The molecule has 0 unspecified atom stereocenters. The number of esters is 1. The number of rotatable bonds is 7. The van der Waals surface area contributed by atoms with E-state index in [9.17, 15) is 21.6 Å². The van der Waals surface area contributed by atoms with Gasteiger partial charge in [0.25, 0.3) is 10.0 Å². The minimum atomic E-state index is -3.70. The van der Waals surface area contributed by atoms with Gasteiger partial charge in [-0.15, -0.1) is 0 Å². The van der Waals surface area contributed by atoms with Crippen LogP contribution in [0.4, 0.5) is 0 Å². The third kappa shape index (κ3) is 5.16. The molecule has 1 aromatic heterocycles. The average molecular weight is 401 g/mol. The van der Waals surface area contributed by atoms with Crippen LogP contribution < -0.4 is 0 Å². The molecule has 26 heavy (non-hydrogen) atoms. The van der Waals surface area contributed by atoms with Crippen molar-refractivity contribution in [3.63, 3.8) is 0 Å². The number of carbonyl (C=O) groups is 1. The van der Waals surface area contributed by atoms with E-state index in [4.69, 9.17) is 9.15 Å². The number of ether oxygens (including phenoxy) is 1. The monoisotopic (exact) mass is 401 g/mol. The van der Waals surface area contributed by atoms with Gasteiger partial charge in [-0.05, 0) is 29.8 Å². The minimum absolute atomic E-state index is 0.172. The predicted molar refractivity (Wildman–Crippen MR) is 93.7 cm³/mol. The first kappa shape index (κ1) is 20.1. The fraction of sp³-hybridized carbons (Fsp3) is 0.312. The lowest BCUT2D eigenvalue weighted by Crippen LogP contribution is -2.21. The van der Waals surface area contributed by atoms with Crippen LogP contribution in [0.1, 0.15) is 21.7 Å². The van der Waals surface area contributed by atoms with E-state index in [1.165, 1.54) is 38.4 Å². The summed E-state index contributed by atoms with van der Waals surface area (Å²) in [6, 6.07) is 8.79. The summed E-state index contributed by atoms with van der Waals surface area (Å²) in [6.45, 7) is -0.252. The van der Waals surface area contributed by atoms with Gasteiger partial charge < -0.3 is 9.15 Å². The molecule has 142 valence electrons. The summed E-state index contributed by atoms with van der Waals surface area (Å²) in [5.74, 6) is -0.683. The van der Waals surface area contributed by atoms with Crippen LogP contribution in [-0.2, 0) is 37.0 Å². The molecule has 2 aromatic rings. The van der Waals surface area contributed by atoms with Gasteiger partial charge in [0.1, 0.15) is 12.4 Å². The minimum Gasteiger partial charge on any atom is -0.454 e. The average Bonchev–Trinajstić information content (AvgIpc) is 3.00. The fourth-order valence-corrected chi connectivity index (χ4v) is 3.66. The molecule has 0 N–H and O–H groups in total. The Balaban J connectivity index is 2.06. The number of hydrogen-bond acceptors (Lipinski definition) is 7. The Hall–Kier alpha value is -2.17. The first-order chi connectivity index (χ1) is 12.0. The summed E-state index contributed by atoms with van der Waals surface area (Å²) >= 11 is 0. The van der Waals surface area contributed by atoms with E-state index < -0.39 is 25.8 Å². The zero-order chi connectivity index (χ0) is 19.5. The second kappa shape index (κ2) is 7.60. The van der Waals surface area contributed by atoms with E-state index in [0.29, 0.717) is 5.56 Å². The fourth-order valence-electron chi connectivity index (χ4n) is 2.07. The Morgan fingerprint density at radius 3 is 2.42 bits per heavy atom. The van der Waals surface area contributed by atoms with Gasteiger partial charge in [-0.3, -0.25) is 0 Å². The molecule has 0 fully saturated rings. The summed E-state index contributed by atoms with van der Waals surface area (Å²) < 4.78 is 57.9. The third-order valence-corrected chi connectivity index (χ3v) is 5.86. The summed E-state index contributed by atoms with van der Waals surface area (Å²) in [5, 5.41) is -0.247. The highest BCUT2D eigenvalue weighted by molar-refractivity contribution is 7.89. The first-order valence-electron chi connectivity index (χ1n) is 7.44. The van der Waals surface area contributed by atoms with E-state index in [1.54, 1.807) is 12.1 Å². The number of hydrogen-bond donors (Lipinski definition) is 0. The van der Waals surface area contributed by atoms with Crippen molar-refractivity contribution < 1.29 is 30.8 Å². The molecule has 0 radical (unpaired) electrons. The van der Waals surface area contributed by atoms with Gasteiger partial charge in [0.05, 0.1) is 11.3 Å². The van der Waals surface area contributed by atoms with Crippen LogP contribution >= 0.6 is 0 Å². The van der Waals surface area contributed by atoms with Crippen molar-refractivity contribution in [1.29, 1.82) is 0 Å². The van der Waals surface area contributed by atoms with Gasteiger partial charge in [-0.2, -0.15) is 0 Å². The normalized spacial score (nSPS) is 12.3. The highest BCUT2D eigenvalue weighted by Gasteiger charge is 2.22. The van der Waals surface area contributed by atoms with Gasteiger partial charge >= 0.3 is 5.97 Å². The molecule has 2 rings (SSSR count). The van der Waals surface area contributed by atoms with E-state index in [1.807, 2.05) is 0 Å². The Labute approximate surface area is 152 Å². The van der Waals surface area contributed by atoms with E-state index in [0.717, 1.165) is 10.6 Å². The van der Waals surface area contributed by atoms with E-state index >= 15 is 0 Å². The molecule has 10 heteroatoms. The van der Waals surface area contributed by atoms with Gasteiger partial charge in [0.15, 0.2) is 9.84 Å². The van der Waals surface area contributed by atoms with Crippen LogP contribution in [0, 0.1) is 0 Å². The Morgan fingerprint density at radius 2 is 1.81 bits per heavy atom. The smallest absolute Gasteiger partial charge is 0.338 e. The van der Waals surface area contributed by atoms with Crippen LogP contribution in [0.25, 0.3) is 0 Å². The molecule has 0 aliphatic heterocycles. The standard InChI is InChI=1S/C16H19NO7S2/c1-17(2)26(21,22)15-8-7-14(24-15)10-23-16(18)13-6-4-5-12(9-13)11-25(3,19)20/h4-9H,10-11H2,1-3H3. The number of furan rings is 1. The van der Waals surface area contributed by atoms with Crippen molar-refractivity contribution >= 4 is 25.8 Å². The highest BCUT2D eigenvalue weighted by Crippen LogP contribution is 2.18. The molecule has 0 saturated heterocycles. The third-order valence-electron chi connectivity index (χ3n) is 3.31. The Kier molecular flexibility index (Phi) is 5.89. The van der Waals surface area contributed by atoms with Crippen molar-refractivity contribution in [2.75, 3.05) is 20.4 Å². The van der Waals surface area contributed by atoms with Crippen molar-refractivity contribution in [1.82, 2.24) is 4.31 Å². The van der Waals surface area contributed by atoms with Crippen molar-refractivity contribution in [2.45, 2.75) is 17.5 Å². The Morgan fingerprint density at radius 1 is 1.12 bits per heavy atom. The largest absolute Gasteiger partial charge is 0.454 e. The lowest BCUT2D eigenvalue weighted by molar-refractivity contribution is 0.0440. The van der Waals surface area contributed by atoms with Crippen LogP contribution in [0.2, 0.25) is 0 Å². The topological polar surface area (TPSA) is 111 Å². The zero-order valence-corrected chi connectivity index (χ0v) is 16.1. The van der Waals surface area contributed by atoms with Crippen molar-refractivity contribution in [3.05, 3.63) is 53.3 Å². The number of sulfonamides is 1. The van der Waals surface area contributed by atoms with Crippen LogP contribution in [0.15, 0.2) is 45.9 Å². The van der Waals surface area contributed by atoms with E-state index in [-0.39, 0.29) is 28.8 Å². The maximum absolute atomic E-state index is 12.1. The highest BCUT2D eigenvalue weighted by atomic mass is 32.2. The Bertz CT molecular complexity index is 1000. The second-order valence-corrected chi connectivity index (χ2v) is 10.1. The molecule has 1 heterocycles. The molecular formula is C16H19NO7S2. The summed E-state index contributed by atoms with van der Waals surface area (Å²) in [5.41, 5.74) is 0.665. The maximum atomic E-state index is 12.1. The summed E-state index contributed by atoms with van der Waals surface area (Å²) in [4.78, 5) is 12.1. The molecule has 0 amide bonds. The van der Waals surface area contributed by atoms with Crippen molar-refractivity contribution in [3.8, 4) is 0 Å². The predicted octanol–water partition coefficient (Wildman–Crippen LogP) is 1.43. The number of carbonyl (C=O) groups excluding carboxylic acids is 1. The quantitative estimate of drug-likeness (QED) is 0.645. The zero-order valence-electron chi connectivity index (χ0n) is 14.5. The van der Waals surface area contributed by atoms with Gasteiger partial charge in [0.2, 0.25) is 5.09 Å². The maximum Gasteiger partial charge on any atom is 0.338 e. The summed E-state index contributed by atoms with van der Waals surface area (Å²) in [7, 11) is -4.17. The number of nitrogens with zero attached hydrogens (tertiary/aromatic N) is 1. The van der Waals surface area contributed by atoms with Crippen LogP contribution in [0.3, 0.4) is 0 Å². The SMILES string of the molecule is CN(C)S(=O)(=O)c1ccc(COC(=O)c2cccc(CS(C)(=O)=O)c2)o1. The summed E-state index contributed by atoms with van der Waals surface area (Å²) in [6.07, 6.45) is 1.11. The van der Waals surface area contributed by atoms with Crippen molar-refractivity contribution in [2.24, 2.45) is 0 Å². The molecular weight excluding hydrogens is 382 g/mol. The molecule has 0 saturated carbocycles.